The number of nitrogens with zero attached hydrogens (tertiary/aromatic N) is 1. The highest BCUT2D eigenvalue weighted by Crippen LogP contribution is 2.18. The van der Waals surface area contributed by atoms with Gasteiger partial charge in [0.05, 0.1) is 6.10 Å². The molecule has 2 aromatic rings. The molecule has 4 heteroatoms. The second-order valence-electron chi connectivity index (χ2n) is 4.24. The van der Waals surface area contributed by atoms with Gasteiger partial charge in [-0.3, -0.25) is 0 Å². The van der Waals surface area contributed by atoms with Crippen LogP contribution in [-0.4, -0.2) is 16.2 Å². The second-order valence-corrected chi connectivity index (χ2v) is 4.65. The Labute approximate surface area is 111 Å². The molecule has 0 saturated carbocycles. The first kappa shape index (κ1) is 12.9. The van der Waals surface area contributed by atoms with Gasteiger partial charge in [-0.05, 0) is 35.7 Å². The Kier molecular flexibility index (Phi) is 4.18. The molecule has 0 bridgehead atoms. The summed E-state index contributed by atoms with van der Waals surface area (Å²) in [5, 5.41) is 10.7. The van der Waals surface area contributed by atoms with Gasteiger partial charge in [0.15, 0.2) is 0 Å². The number of nitrogens with two attached hydrogens (primary N) is 1. The molecule has 94 valence electrons. The standard InChI is InChI=1S/C14H15ClN2O/c15-13-4-2-1-3-11(13)9-12(18)7-10-5-6-17-14(16)8-10/h1-6,8,12,18H,7,9H2,(H2,16,17). The maximum absolute atomic E-state index is 10.1. The number of aromatic nitrogens is 1. The Morgan fingerprint density at radius 1 is 1.22 bits per heavy atom. The molecule has 3 N–H and O–H groups in total. The Morgan fingerprint density at radius 3 is 2.72 bits per heavy atom. The highest BCUT2D eigenvalue weighted by Gasteiger charge is 2.09. The van der Waals surface area contributed by atoms with Gasteiger partial charge in [-0.1, -0.05) is 29.8 Å². The van der Waals surface area contributed by atoms with Crippen LogP contribution < -0.4 is 5.73 Å². The quantitative estimate of drug-likeness (QED) is 0.890. The molecule has 0 fully saturated rings. The minimum atomic E-state index is -0.480. The number of aliphatic hydroxyl groups excluding tert-OH is 1. The van der Waals surface area contributed by atoms with Crippen molar-refractivity contribution in [3.05, 3.63) is 58.7 Å². The van der Waals surface area contributed by atoms with Crippen molar-refractivity contribution in [2.75, 3.05) is 5.73 Å². The number of halogens is 1. The van der Waals surface area contributed by atoms with Gasteiger partial charge in [-0.15, -0.1) is 0 Å². The molecule has 0 saturated heterocycles. The molecule has 0 aliphatic heterocycles. The van der Waals surface area contributed by atoms with E-state index in [4.69, 9.17) is 17.3 Å². The average molecular weight is 263 g/mol. The van der Waals surface area contributed by atoms with Crippen molar-refractivity contribution >= 4 is 17.4 Å². The van der Waals surface area contributed by atoms with E-state index in [1.54, 1.807) is 12.3 Å². The van der Waals surface area contributed by atoms with Crippen molar-refractivity contribution in [1.29, 1.82) is 0 Å². The molecule has 1 aromatic carbocycles. The number of rotatable bonds is 4. The van der Waals surface area contributed by atoms with Crippen molar-refractivity contribution in [2.24, 2.45) is 0 Å². The summed E-state index contributed by atoms with van der Waals surface area (Å²) >= 11 is 6.06. The van der Waals surface area contributed by atoms with Crippen LogP contribution in [-0.2, 0) is 12.8 Å². The first-order valence-electron chi connectivity index (χ1n) is 5.77. The molecular formula is C14H15ClN2O. The zero-order valence-electron chi connectivity index (χ0n) is 9.88. The largest absolute Gasteiger partial charge is 0.392 e. The predicted molar refractivity (Wildman–Crippen MR) is 73.5 cm³/mol. The van der Waals surface area contributed by atoms with Crippen LogP contribution in [0.3, 0.4) is 0 Å². The molecule has 0 aliphatic carbocycles. The van der Waals surface area contributed by atoms with Gasteiger partial charge in [0.1, 0.15) is 5.82 Å². The smallest absolute Gasteiger partial charge is 0.123 e. The molecule has 18 heavy (non-hydrogen) atoms. The molecule has 0 radical (unpaired) electrons. The van der Waals surface area contributed by atoms with Crippen LogP contribution in [0.4, 0.5) is 5.82 Å². The summed E-state index contributed by atoms with van der Waals surface area (Å²) in [6.07, 6.45) is 2.24. The van der Waals surface area contributed by atoms with Crippen molar-refractivity contribution in [2.45, 2.75) is 18.9 Å². The molecule has 3 nitrogen and oxygen atoms in total. The number of aliphatic hydroxyl groups is 1. The van der Waals surface area contributed by atoms with Gasteiger partial charge in [-0.25, -0.2) is 4.98 Å². The van der Waals surface area contributed by atoms with Crippen LogP contribution >= 0.6 is 11.6 Å². The fourth-order valence-electron chi connectivity index (χ4n) is 1.88. The lowest BCUT2D eigenvalue weighted by Crippen LogP contribution is -2.14. The van der Waals surface area contributed by atoms with E-state index < -0.39 is 6.10 Å². The van der Waals surface area contributed by atoms with Crippen LogP contribution in [0.2, 0.25) is 5.02 Å². The lowest BCUT2D eigenvalue weighted by atomic mass is 10.0. The number of pyridine rings is 1. The van der Waals surface area contributed by atoms with Gasteiger partial charge < -0.3 is 10.8 Å². The Balaban J connectivity index is 2.01. The van der Waals surface area contributed by atoms with E-state index in [1.165, 1.54) is 0 Å². The lowest BCUT2D eigenvalue weighted by Gasteiger charge is -2.12. The summed E-state index contributed by atoms with van der Waals surface area (Å²) in [5.74, 6) is 0.470. The first-order valence-corrected chi connectivity index (χ1v) is 6.15. The van der Waals surface area contributed by atoms with Gasteiger partial charge >= 0.3 is 0 Å². The molecule has 1 unspecified atom stereocenters. The fraction of sp³-hybridized carbons (Fsp3) is 0.214. The number of nitrogen functional groups attached to an aromatic ring is 1. The van der Waals surface area contributed by atoms with Gasteiger partial charge in [0.2, 0.25) is 0 Å². The van der Waals surface area contributed by atoms with Gasteiger partial charge in [0, 0.05) is 17.6 Å². The Hall–Kier alpha value is -1.58. The minimum Gasteiger partial charge on any atom is -0.392 e. The molecule has 1 atom stereocenters. The molecule has 0 amide bonds. The van der Waals surface area contributed by atoms with Crippen LogP contribution in [0, 0.1) is 0 Å². The number of hydrogen-bond donors (Lipinski definition) is 2. The van der Waals surface area contributed by atoms with E-state index in [2.05, 4.69) is 4.98 Å². The van der Waals surface area contributed by atoms with E-state index in [1.807, 2.05) is 30.3 Å². The number of hydrogen-bond acceptors (Lipinski definition) is 3. The maximum atomic E-state index is 10.1. The predicted octanol–water partition coefficient (Wildman–Crippen LogP) is 2.46. The summed E-state index contributed by atoms with van der Waals surface area (Å²) in [5.41, 5.74) is 7.52. The summed E-state index contributed by atoms with van der Waals surface area (Å²) in [6, 6.07) is 11.2. The average Bonchev–Trinajstić information content (AvgIpc) is 2.32. The van der Waals surface area contributed by atoms with E-state index >= 15 is 0 Å². The van der Waals surface area contributed by atoms with Gasteiger partial charge in [0.25, 0.3) is 0 Å². The van der Waals surface area contributed by atoms with Crippen LogP contribution in [0.5, 0.6) is 0 Å². The van der Waals surface area contributed by atoms with Crippen molar-refractivity contribution in [3.8, 4) is 0 Å². The molecule has 0 spiro atoms. The molecule has 1 heterocycles. The molecule has 2 rings (SSSR count). The third kappa shape index (κ3) is 3.45. The first-order chi connectivity index (χ1) is 8.65. The molecular weight excluding hydrogens is 248 g/mol. The van der Waals surface area contributed by atoms with Crippen molar-refractivity contribution in [3.63, 3.8) is 0 Å². The highest BCUT2D eigenvalue weighted by atomic mass is 35.5. The number of benzene rings is 1. The summed E-state index contributed by atoms with van der Waals surface area (Å²) in [4.78, 5) is 3.92. The summed E-state index contributed by atoms with van der Waals surface area (Å²) < 4.78 is 0. The van der Waals surface area contributed by atoms with Gasteiger partial charge in [-0.2, -0.15) is 0 Å². The number of anilines is 1. The monoisotopic (exact) mass is 262 g/mol. The third-order valence-corrected chi connectivity index (χ3v) is 3.10. The molecule has 0 aliphatic rings. The van der Waals surface area contributed by atoms with E-state index in [0.717, 1.165) is 11.1 Å². The molecule has 1 aromatic heterocycles. The lowest BCUT2D eigenvalue weighted by molar-refractivity contribution is 0.175. The highest BCUT2D eigenvalue weighted by molar-refractivity contribution is 6.31. The second kappa shape index (κ2) is 5.85. The van der Waals surface area contributed by atoms with E-state index in [9.17, 15) is 5.11 Å². The summed E-state index contributed by atoms with van der Waals surface area (Å²) in [6.45, 7) is 0. The minimum absolute atomic E-state index is 0.470. The Bertz CT molecular complexity index is 531. The SMILES string of the molecule is Nc1cc(CC(O)Cc2ccccc2Cl)ccn1. The topological polar surface area (TPSA) is 59.1 Å². The van der Waals surface area contributed by atoms with Crippen molar-refractivity contribution < 1.29 is 5.11 Å². The normalized spacial score (nSPS) is 12.3. The zero-order chi connectivity index (χ0) is 13.0. The fourth-order valence-corrected chi connectivity index (χ4v) is 2.10. The van der Waals surface area contributed by atoms with Crippen molar-refractivity contribution in [1.82, 2.24) is 4.98 Å². The summed E-state index contributed by atoms with van der Waals surface area (Å²) in [7, 11) is 0. The maximum Gasteiger partial charge on any atom is 0.123 e. The van der Waals surface area contributed by atoms with E-state index in [0.29, 0.717) is 23.7 Å². The van der Waals surface area contributed by atoms with Crippen LogP contribution in [0.1, 0.15) is 11.1 Å². The van der Waals surface area contributed by atoms with Crippen LogP contribution in [0.25, 0.3) is 0 Å². The zero-order valence-corrected chi connectivity index (χ0v) is 10.6. The van der Waals surface area contributed by atoms with E-state index in [-0.39, 0.29) is 0 Å². The Morgan fingerprint density at radius 2 is 2.00 bits per heavy atom. The van der Waals surface area contributed by atoms with Crippen LogP contribution in [0.15, 0.2) is 42.6 Å². The third-order valence-electron chi connectivity index (χ3n) is 2.73.